The van der Waals surface area contributed by atoms with Gasteiger partial charge in [-0.05, 0) is 55.0 Å². The average Bonchev–Trinajstić information content (AvgIpc) is 2.50. The molecule has 1 aliphatic rings. The summed E-state index contributed by atoms with van der Waals surface area (Å²) in [5.41, 5.74) is 11.0. The Bertz CT molecular complexity index is 679. The second-order valence-corrected chi connectivity index (χ2v) is 5.79. The number of hydrogen-bond acceptors (Lipinski definition) is 2. The van der Waals surface area contributed by atoms with E-state index < -0.39 is 0 Å². The lowest BCUT2D eigenvalue weighted by Gasteiger charge is -2.24. The molecule has 0 spiro atoms. The van der Waals surface area contributed by atoms with Gasteiger partial charge in [0, 0.05) is 5.92 Å². The van der Waals surface area contributed by atoms with Crippen molar-refractivity contribution in [1.29, 1.82) is 0 Å². The minimum Gasteiger partial charge on any atom is -0.397 e. The highest BCUT2D eigenvalue weighted by molar-refractivity contribution is 5.95. The molecule has 0 heterocycles. The number of rotatable bonds is 2. The third kappa shape index (κ3) is 2.92. The maximum Gasteiger partial charge on any atom is 0.227 e. The van der Waals surface area contributed by atoms with Crippen LogP contribution in [0.3, 0.4) is 0 Å². The SMILES string of the molecule is Cc1ccc(N)c(NC(=O)C2CCc3ccccc3C2)c1. The summed E-state index contributed by atoms with van der Waals surface area (Å²) in [4.78, 5) is 12.5. The molecule has 1 atom stereocenters. The number of nitrogens with one attached hydrogen (secondary N) is 1. The fraction of sp³-hybridized carbons (Fsp3) is 0.278. The summed E-state index contributed by atoms with van der Waals surface area (Å²) in [6.07, 6.45) is 2.68. The Kier molecular flexibility index (Phi) is 3.65. The number of hydrogen-bond donors (Lipinski definition) is 2. The molecule has 2 aromatic carbocycles. The first-order valence-electron chi connectivity index (χ1n) is 7.37. The Morgan fingerprint density at radius 3 is 2.76 bits per heavy atom. The van der Waals surface area contributed by atoms with E-state index in [9.17, 15) is 4.79 Å². The highest BCUT2D eigenvalue weighted by atomic mass is 16.1. The van der Waals surface area contributed by atoms with Crippen LogP contribution >= 0.6 is 0 Å². The van der Waals surface area contributed by atoms with E-state index in [-0.39, 0.29) is 11.8 Å². The van der Waals surface area contributed by atoms with Gasteiger partial charge in [0.2, 0.25) is 5.91 Å². The fourth-order valence-electron chi connectivity index (χ4n) is 2.93. The van der Waals surface area contributed by atoms with E-state index in [4.69, 9.17) is 5.73 Å². The predicted molar refractivity (Wildman–Crippen MR) is 86.2 cm³/mol. The molecule has 3 rings (SSSR count). The van der Waals surface area contributed by atoms with Gasteiger partial charge in [-0.2, -0.15) is 0 Å². The molecule has 0 fully saturated rings. The summed E-state index contributed by atoms with van der Waals surface area (Å²) in [5, 5.41) is 2.99. The van der Waals surface area contributed by atoms with Gasteiger partial charge in [-0.25, -0.2) is 0 Å². The first kappa shape index (κ1) is 13.7. The Hall–Kier alpha value is -2.29. The van der Waals surface area contributed by atoms with Gasteiger partial charge in [-0.3, -0.25) is 4.79 Å². The molecule has 1 aliphatic carbocycles. The standard InChI is InChI=1S/C18H20N2O/c1-12-6-9-16(19)17(10-12)20-18(21)15-8-7-13-4-2-3-5-14(13)11-15/h2-6,9-10,15H,7-8,11,19H2,1H3,(H,20,21). The van der Waals surface area contributed by atoms with Gasteiger partial charge in [-0.15, -0.1) is 0 Å². The lowest BCUT2D eigenvalue weighted by Crippen LogP contribution is -2.28. The summed E-state index contributed by atoms with van der Waals surface area (Å²) < 4.78 is 0. The lowest BCUT2D eigenvalue weighted by molar-refractivity contribution is -0.120. The van der Waals surface area contributed by atoms with Gasteiger partial charge in [0.1, 0.15) is 0 Å². The van der Waals surface area contributed by atoms with Crippen molar-refractivity contribution < 1.29 is 4.79 Å². The zero-order valence-electron chi connectivity index (χ0n) is 12.2. The van der Waals surface area contributed by atoms with Gasteiger partial charge in [0.05, 0.1) is 11.4 Å². The summed E-state index contributed by atoms with van der Waals surface area (Å²) in [7, 11) is 0. The molecule has 0 bridgehead atoms. The zero-order valence-corrected chi connectivity index (χ0v) is 12.2. The van der Waals surface area contributed by atoms with Crippen molar-refractivity contribution in [3.63, 3.8) is 0 Å². The number of nitrogen functional groups attached to an aromatic ring is 1. The van der Waals surface area contributed by atoms with E-state index in [1.807, 2.05) is 31.2 Å². The summed E-state index contributed by atoms with van der Waals surface area (Å²) in [6, 6.07) is 14.1. The van der Waals surface area contributed by atoms with Gasteiger partial charge in [0.15, 0.2) is 0 Å². The largest absolute Gasteiger partial charge is 0.397 e. The van der Waals surface area contributed by atoms with Crippen LogP contribution in [-0.4, -0.2) is 5.91 Å². The maximum atomic E-state index is 12.5. The Labute approximate surface area is 125 Å². The maximum absolute atomic E-state index is 12.5. The predicted octanol–water partition coefficient (Wildman–Crippen LogP) is 3.32. The Morgan fingerprint density at radius 1 is 1.19 bits per heavy atom. The molecule has 3 heteroatoms. The van der Waals surface area contributed by atoms with Crippen LogP contribution in [0.4, 0.5) is 11.4 Å². The normalized spacial score (nSPS) is 17.1. The van der Waals surface area contributed by atoms with Crippen molar-refractivity contribution in [2.24, 2.45) is 5.92 Å². The number of amides is 1. The minimum absolute atomic E-state index is 0.0276. The number of carbonyl (C=O) groups is 1. The molecule has 0 aliphatic heterocycles. The number of carbonyl (C=O) groups excluding carboxylic acids is 1. The van der Waals surface area contributed by atoms with Gasteiger partial charge in [0.25, 0.3) is 0 Å². The molecule has 108 valence electrons. The zero-order chi connectivity index (χ0) is 14.8. The van der Waals surface area contributed by atoms with Gasteiger partial charge >= 0.3 is 0 Å². The topological polar surface area (TPSA) is 55.1 Å². The van der Waals surface area contributed by atoms with Crippen LogP contribution in [0, 0.1) is 12.8 Å². The van der Waals surface area contributed by atoms with Crippen molar-refractivity contribution >= 4 is 17.3 Å². The van der Waals surface area contributed by atoms with Crippen LogP contribution in [-0.2, 0) is 17.6 Å². The smallest absolute Gasteiger partial charge is 0.227 e. The number of fused-ring (bicyclic) bond motifs is 1. The molecule has 21 heavy (non-hydrogen) atoms. The van der Waals surface area contributed by atoms with Crippen molar-refractivity contribution in [2.45, 2.75) is 26.2 Å². The van der Waals surface area contributed by atoms with Gasteiger partial charge < -0.3 is 11.1 Å². The molecule has 3 N–H and O–H groups in total. The first-order chi connectivity index (χ1) is 10.1. The van der Waals surface area contributed by atoms with E-state index in [0.29, 0.717) is 5.69 Å². The van der Waals surface area contributed by atoms with Crippen LogP contribution in [0.15, 0.2) is 42.5 Å². The molecule has 2 aromatic rings. The average molecular weight is 280 g/mol. The number of anilines is 2. The lowest BCUT2D eigenvalue weighted by atomic mass is 9.83. The van der Waals surface area contributed by atoms with E-state index in [1.165, 1.54) is 11.1 Å². The molecule has 0 saturated carbocycles. The molecule has 1 amide bonds. The van der Waals surface area contributed by atoms with E-state index in [2.05, 4.69) is 23.5 Å². The Balaban J connectivity index is 1.74. The van der Waals surface area contributed by atoms with Gasteiger partial charge in [-0.1, -0.05) is 30.3 Å². The van der Waals surface area contributed by atoms with Crippen LogP contribution in [0.2, 0.25) is 0 Å². The van der Waals surface area contributed by atoms with E-state index in [0.717, 1.165) is 30.5 Å². The molecular weight excluding hydrogens is 260 g/mol. The first-order valence-corrected chi connectivity index (χ1v) is 7.37. The van der Waals surface area contributed by atoms with E-state index >= 15 is 0 Å². The summed E-state index contributed by atoms with van der Waals surface area (Å²) >= 11 is 0. The fourth-order valence-corrected chi connectivity index (χ4v) is 2.93. The van der Waals surface area contributed by atoms with Crippen LogP contribution < -0.4 is 11.1 Å². The van der Waals surface area contributed by atoms with Crippen molar-refractivity contribution in [2.75, 3.05) is 11.1 Å². The van der Waals surface area contributed by atoms with Crippen LogP contribution in [0.1, 0.15) is 23.1 Å². The van der Waals surface area contributed by atoms with E-state index in [1.54, 1.807) is 0 Å². The molecule has 3 nitrogen and oxygen atoms in total. The van der Waals surface area contributed by atoms with Crippen molar-refractivity contribution in [1.82, 2.24) is 0 Å². The Morgan fingerprint density at radius 2 is 1.95 bits per heavy atom. The highest BCUT2D eigenvalue weighted by Crippen LogP contribution is 2.27. The third-order valence-corrected chi connectivity index (χ3v) is 4.18. The molecule has 0 saturated heterocycles. The monoisotopic (exact) mass is 280 g/mol. The quantitative estimate of drug-likeness (QED) is 0.829. The number of nitrogens with two attached hydrogens (primary N) is 1. The molecule has 0 radical (unpaired) electrons. The van der Waals surface area contributed by atoms with Crippen molar-refractivity contribution in [3.05, 3.63) is 59.2 Å². The number of aryl methyl sites for hydroxylation is 2. The second kappa shape index (κ2) is 5.60. The van der Waals surface area contributed by atoms with Crippen LogP contribution in [0.5, 0.6) is 0 Å². The summed E-state index contributed by atoms with van der Waals surface area (Å²) in [6.45, 7) is 1.99. The second-order valence-electron chi connectivity index (χ2n) is 5.79. The molecule has 0 aromatic heterocycles. The highest BCUT2D eigenvalue weighted by Gasteiger charge is 2.24. The minimum atomic E-state index is 0.0276. The number of benzene rings is 2. The summed E-state index contributed by atoms with van der Waals surface area (Å²) in [5.74, 6) is 0.0987. The van der Waals surface area contributed by atoms with Crippen molar-refractivity contribution in [3.8, 4) is 0 Å². The molecule has 1 unspecified atom stereocenters. The molecular formula is C18H20N2O. The van der Waals surface area contributed by atoms with Crippen LogP contribution in [0.25, 0.3) is 0 Å². The third-order valence-electron chi connectivity index (χ3n) is 4.18.